The number of carboxylic acids is 1. The van der Waals surface area contributed by atoms with Crippen LogP contribution in [0.2, 0.25) is 0 Å². The van der Waals surface area contributed by atoms with Gasteiger partial charge in [-0.05, 0) is 53.9 Å². The van der Waals surface area contributed by atoms with Crippen molar-refractivity contribution >= 4 is 18.0 Å². The number of nitrogens with zero attached hydrogens (tertiary/aromatic N) is 1. The van der Waals surface area contributed by atoms with Crippen molar-refractivity contribution in [1.82, 2.24) is 10.2 Å². The van der Waals surface area contributed by atoms with Crippen molar-refractivity contribution in [1.29, 1.82) is 0 Å². The molecule has 0 aromatic heterocycles. The normalized spacial score (nSPS) is 18.9. The molecule has 2 saturated carbocycles. The number of benzene rings is 2. The third-order valence-electron chi connectivity index (χ3n) is 7.60. The third kappa shape index (κ3) is 3.65. The Morgan fingerprint density at radius 3 is 2.12 bits per heavy atom. The van der Waals surface area contributed by atoms with Gasteiger partial charge in [0.25, 0.3) is 0 Å². The van der Waals surface area contributed by atoms with Crippen LogP contribution in [0.15, 0.2) is 48.5 Å². The molecule has 7 heteroatoms. The highest BCUT2D eigenvalue weighted by atomic mass is 16.5. The summed E-state index contributed by atoms with van der Waals surface area (Å²) in [4.78, 5) is 38.9. The molecule has 0 heterocycles. The maximum absolute atomic E-state index is 13.2. The lowest BCUT2D eigenvalue weighted by Gasteiger charge is -2.37. The zero-order valence-electron chi connectivity index (χ0n) is 18.6. The highest BCUT2D eigenvalue weighted by Crippen LogP contribution is 2.45. The summed E-state index contributed by atoms with van der Waals surface area (Å²) in [5.74, 6) is -1.41. The molecule has 172 valence electrons. The Morgan fingerprint density at radius 1 is 1.06 bits per heavy atom. The first kappa shape index (κ1) is 21.5. The van der Waals surface area contributed by atoms with Crippen LogP contribution >= 0.6 is 0 Å². The SMILES string of the molecule is CN(C(=O)C(NC(=O)OCC1c2ccccc2-c2ccccc21)C1CCC1)C1(C(=O)O)CC1. The minimum atomic E-state index is -1.14. The Balaban J connectivity index is 1.28. The van der Waals surface area contributed by atoms with Crippen LogP contribution in [0.1, 0.15) is 49.1 Å². The molecule has 2 amide bonds. The highest BCUT2D eigenvalue weighted by Gasteiger charge is 2.57. The van der Waals surface area contributed by atoms with E-state index in [0.717, 1.165) is 41.5 Å². The van der Waals surface area contributed by atoms with Crippen LogP contribution < -0.4 is 5.32 Å². The molecule has 3 aliphatic rings. The Labute approximate surface area is 192 Å². The molecule has 7 nitrogen and oxygen atoms in total. The molecular weight excluding hydrogens is 420 g/mol. The van der Waals surface area contributed by atoms with Gasteiger partial charge in [-0.3, -0.25) is 4.79 Å². The van der Waals surface area contributed by atoms with Crippen molar-refractivity contribution in [2.24, 2.45) is 5.92 Å². The summed E-state index contributed by atoms with van der Waals surface area (Å²) in [6, 6.07) is 15.5. The number of rotatable bonds is 7. The lowest BCUT2D eigenvalue weighted by atomic mass is 9.79. The topological polar surface area (TPSA) is 95.9 Å². The molecule has 0 radical (unpaired) electrons. The maximum Gasteiger partial charge on any atom is 0.407 e. The highest BCUT2D eigenvalue weighted by molar-refractivity contribution is 5.93. The fraction of sp³-hybridized carbons (Fsp3) is 0.423. The molecule has 3 aliphatic carbocycles. The van der Waals surface area contributed by atoms with Crippen LogP contribution in [0, 0.1) is 5.92 Å². The van der Waals surface area contributed by atoms with Gasteiger partial charge in [0.2, 0.25) is 5.91 Å². The molecule has 2 aromatic rings. The predicted molar refractivity (Wildman–Crippen MR) is 122 cm³/mol. The van der Waals surface area contributed by atoms with Gasteiger partial charge in [-0.25, -0.2) is 9.59 Å². The smallest absolute Gasteiger partial charge is 0.407 e. The van der Waals surface area contributed by atoms with Crippen LogP contribution in [-0.2, 0) is 14.3 Å². The molecule has 5 rings (SSSR count). The zero-order valence-corrected chi connectivity index (χ0v) is 18.6. The largest absolute Gasteiger partial charge is 0.479 e. The Hall–Kier alpha value is -3.35. The molecule has 1 unspecified atom stereocenters. The van der Waals surface area contributed by atoms with Gasteiger partial charge >= 0.3 is 12.1 Å². The van der Waals surface area contributed by atoms with Crippen LogP contribution in [0.5, 0.6) is 0 Å². The van der Waals surface area contributed by atoms with E-state index in [1.807, 2.05) is 24.3 Å². The fourth-order valence-corrected chi connectivity index (χ4v) is 5.15. The number of carboxylic acid groups (broad SMARTS) is 1. The Bertz CT molecular complexity index is 1060. The fourth-order valence-electron chi connectivity index (χ4n) is 5.15. The van der Waals surface area contributed by atoms with Crippen molar-refractivity contribution in [2.45, 2.75) is 49.6 Å². The lowest BCUT2D eigenvalue weighted by molar-refractivity contribution is -0.152. The second kappa shape index (κ2) is 8.21. The maximum atomic E-state index is 13.2. The van der Waals surface area contributed by atoms with Gasteiger partial charge in [0.1, 0.15) is 18.2 Å². The van der Waals surface area contributed by atoms with E-state index >= 15 is 0 Å². The van der Waals surface area contributed by atoms with E-state index in [1.54, 1.807) is 0 Å². The van der Waals surface area contributed by atoms with Crippen LogP contribution in [0.25, 0.3) is 11.1 Å². The minimum Gasteiger partial charge on any atom is -0.479 e. The van der Waals surface area contributed by atoms with E-state index in [-0.39, 0.29) is 24.3 Å². The average Bonchev–Trinajstić information content (AvgIpc) is 3.54. The average molecular weight is 449 g/mol. The molecular formula is C26H28N2O5. The van der Waals surface area contributed by atoms with E-state index in [9.17, 15) is 19.5 Å². The summed E-state index contributed by atoms with van der Waals surface area (Å²) in [7, 11) is 1.52. The van der Waals surface area contributed by atoms with Crippen LogP contribution in [0.4, 0.5) is 4.79 Å². The summed E-state index contributed by atoms with van der Waals surface area (Å²) in [5.41, 5.74) is 3.40. The first-order valence-corrected chi connectivity index (χ1v) is 11.5. The van der Waals surface area contributed by atoms with E-state index < -0.39 is 23.6 Å². The standard InChI is InChI=1S/C26H28N2O5/c1-28(26(13-14-26)24(30)31)23(29)22(16-7-6-8-16)27-25(32)33-15-21-19-11-4-2-9-17(19)18-10-3-5-12-20(18)21/h2-5,9-12,16,21-22H,6-8,13-15H2,1H3,(H,27,32)(H,30,31). The second-order valence-corrected chi connectivity index (χ2v) is 9.37. The molecule has 33 heavy (non-hydrogen) atoms. The van der Waals surface area contributed by atoms with Crippen molar-refractivity contribution in [3.05, 3.63) is 59.7 Å². The van der Waals surface area contributed by atoms with Crippen molar-refractivity contribution in [3.63, 3.8) is 0 Å². The van der Waals surface area contributed by atoms with Gasteiger partial charge in [0.15, 0.2) is 0 Å². The third-order valence-corrected chi connectivity index (χ3v) is 7.60. The van der Waals surface area contributed by atoms with Gasteiger partial charge in [-0.15, -0.1) is 0 Å². The van der Waals surface area contributed by atoms with Gasteiger partial charge in [0.05, 0.1) is 0 Å². The van der Waals surface area contributed by atoms with Crippen molar-refractivity contribution in [3.8, 4) is 11.1 Å². The molecule has 1 atom stereocenters. The van der Waals surface area contributed by atoms with Gasteiger partial charge in [0, 0.05) is 13.0 Å². The number of hydrogen-bond acceptors (Lipinski definition) is 4. The predicted octanol–water partition coefficient (Wildman–Crippen LogP) is 3.77. The first-order valence-electron chi connectivity index (χ1n) is 11.5. The zero-order chi connectivity index (χ0) is 23.2. The summed E-state index contributed by atoms with van der Waals surface area (Å²) in [6.07, 6.45) is 2.88. The van der Waals surface area contributed by atoms with E-state index in [2.05, 4.69) is 29.6 Å². The van der Waals surface area contributed by atoms with Crippen LogP contribution in [0.3, 0.4) is 0 Å². The number of ether oxygens (including phenoxy) is 1. The Morgan fingerprint density at radius 2 is 1.64 bits per heavy atom. The minimum absolute atomic E-state index is 0.00466. The number of carbonyl (C=O) groups excluding carboxylic acids is 2. The lowest BCUT2D eigenvalue weighted by Crippen LogP contribution is -2.57. The first-order chi connectivity index (χ1) is 15.9. The summed E-state index contributed by atoms with van der Waals surface area (Å²) in [5, 5.41) is 12.3. The number of alkyl carbamates (subject to hydrolysis) is 1. The Kier molecular flexibility index (Phi) is 5.35. The molecule has 2 fully saturated rings. The molecule has 0 aliphatic heterocycles. The molecule has 2 N–H and O–H groups in total. The molecule has 0 spiro atoms. The van der Waals surface area contributed by atoms with Crippen molar-refractivity contribution in [2.75, 3.05) is 13.7 Å². The quantitative estimate of drug-likeness (QED) is 0.672. The van der Waals surface area contributed by atoms with Crippen molar-refractivity contribution < 1.29 is 24.2 Å². The number of carbonyl (C=O) groups is 3. The number of nitrogens with one attached hydrogen (secondary N) is 1. The molecule has 0 bridgehead atoms. The summed E-state index contributed by atoms with van der Waals surface area (Å²) in [6.45, 7) is 0.167. The van der Waals surface area contributed by atoms with E-state index in [1.165, 1.54) is 11.9 Å². The number of likely N-dealkylation sites (N-methyl/N-ethyl adjacent to an activating group) is 1. The van der Waals surface area contributed by atoms with E-state index in [4.69, 9.17) is 4.74 Å². The van der Waals surface area contributed by atoms with E-state index in [0.29, 0.717) is 12.8 Å². The monoisotopic (exact) mass is 448 g/mol. The number of amides is 2. The van der Waals surface area contributed by atoms with Gasteiger partial charge < -0.3 is 20.1 Å². The van der Waals surface area contributed by atoms with Gasteiger partial charge in [-0.1, -0.05) is 55.0 Å². The number of aliphatic carboxylic acids is 1. The number of hydrogen-bond donors (Lipinski definition) is 2. The molecule has 0 saturated heterocycles. The van der Waals surface area contributed by atoms with Crippen LogP contribution in [-0.4, -0.2) is 53.2 Å². The summed E-state index contributed by atoms with van der Waals surface area (Å²) < 4.78 is 5.63. The number of fused-ring (bicyclic) bond motifs is 3. The summed E-state index contributed by atoms with van der Waals surface area (Å²) >= 11 is 0. The molecule has 2 aromatic carbocycles. The second-order valence-electron chi connectivity index (χ2n) is 9.37. The van der Waals surface area contributed by atoms with Gasteiger partial charge in [-0.2, -0.15) is 0 Å².